The number of carbonyl (C=O) groups excluding carboxylic acids is 4. The molecule has 0 aliphatic carbocycles. The van der Waals surface area contributed by atoms with E-state index in [9.17, 15) is 19.2 Å². The van der Waals surface area contributed by atoms with Crippen LogP contribution >= 0.6 is 11.6 Å². The van der Waals surface area contributed by atoms with Gasteiger partial charge in [-0.25, -0.2) is 0 Å². The molecule has 0 bridgehead atoms. The number of nitrogens with zero attached hydrogens (tertiary/aromatic N) is 1. The molecule has 22 heavy (non-hydrogen) atoms. The zero-order chi connectivity index (χ0) is 16.2. The summed E-state index contributed by atoms with van der Waals surface area (Å²) < 4.78 is 4.65. The number of benzene rings is 1. The van der Waals surface area contributed by atoms with Gasteiger partial charge in [-0.15, -0.1) is 0 Å². The normalized spacial score (nSPS) is 26.4. The number of halogens is 1. The second kappa shape index (κ2) is 4.54. The third kappa shape index (κ3) is 1.46. The van der Waals surface area contributed by atoms with Gasteiger partial charge in [0.15, 0.2) is 11.5 Å². The van der Waals surface area contributed by atoms with Crippen LogP contribution in [-0.4, -0.2) is 42.7 Å². The van der Waals surface area contributed by atoms with Gasteiger partial charge in [-0.1, -0.05) is 17.7 Å². The molecule has 1 aromatic carbocycles. The second-order valence-corrected chi connectivity index (χ2v) is 5.47. The highest BCUT2D eigenvalue weighted by Gasteiger charge is 2.68. The van der Waals surface area contributed by atoms with Crippen molar-refractivity contribution in [3.8, 4) is 0 Å². The molecule has 2 atom stereocenters. The molecule has 2 unspecified atom stereocenters. The summed E-state index contributed by atoms with van der Waals surface area (Å²) in [6, 6.07) is 4.56. The number of imide groups is 1. The fourth-order valence-electron chi connectivity index (χ4n) is 3.20. The number of likely N-dealkylation sites (N-methyl/N-ethyl adjacent to an activating group) is 1. The molecule has 0 aromatic heterocycles. The fraction of sp³-hybridized carbons (Fsp3) is 0.286. The number of nitrogens with one attached hydrogen (secondary N) is 1. The maximum absolute atomic E-state index is 12.5. The average molecular weight is 323 g/mol. The maximum Gasteiger partial charge on any atom is 0.321 e. The molecule has 7 nitrogen and oxygen atoms in total. The van der Waals surface area contributed by atoms with Gasteiger partial charge in [0.05, 0.1) is 7.11 Å². The summed E-state index contributed by atoms with van der Waals surface area (Å²) in [5.41, 5.74) is -1.47. The Kier molecular flexibility index (Phi) is 3.00. The minimum absolute atomic E-state index is 0.133. The summed E-state index contributed by atoms with van der Waals surface area (Å²) in [6.07, 6.45) is 0. The Bertz CT molecular complexity index is 747. The van der Waals surface area contributed by atoms with Crippen molar-refractivity contribution in [2.24, 2.45) is 5.92 Å². The standard InChI is InChI=1S/C14H11ClN2O5/c1-17-11(19)6-4-3-5-7(15)8(6)14(17)9(12(20)22-2)10(18)16-13(14)21/h3-5,9H,1-2H3,(H,16,18,21). The van der Waals surface area contributed by atoms with Crippen molar-refractivity contribution in [1.29, 1.82) is 0 Å². The van der Waals surface area contributed by atoms with E-state index in [1.54, 1.807) is 6.07 Å². The number of fused-ring (bicyclic) bond motifs is 2. The first-order valence-electron chi connectivity index (χ1n) is 6.37. The average Bonchev–Trinajstić information content (AvgIpc) is 2.87. The first-order chi connectivity index (χ1) is 10.4. The highest BCUT2D eigenvalue weighted by Crippen LogP contribution is 2.49. The van der Waals surface area contributed by atoms with E-state index in [1.165, 1.54) is 19.2 Å². The largest absolute Gasteiger partial charge is 0.468 e. The molecule has 114 valence electrons. The molecule has 1 fully saturated rings. The highest BCUT2D eigenvalue weighted by atomic mass is 35.5. The Morgan fingerprint density at radius 2 is 2.05 bits per heavy atom. The van der Waals surface area contributed by atoms with Crippen molar-refractivity contribution in [3.05, 3.63) is 34.3 Å². The first kappa shape index (κ1) is 14.5. The zero-order valence-corrected chi connectivity index (χ0v) is 12.4. The molecular weight excluding hydrogens is 312 g/mol. The fourth-order valence-corrected chi connectivity index (χ4v) is 3.52. The monoisotopic (exact) mass is 322 g/mol. The molecule has 1 N–H and O–H groups in total. The molecule has 0 saturated carbocycles. The highest BCUT2D eigenvalue weighted by molar-refractivity contribution is 6.34. The lowest BCUT2D eigenvalue weighted by Crippen LogP contribution is -2.53. The zero-order valence-electron chi connectivity index (χ0n) is 11.7. The van der Waals surface area contributed by atoms with Crippen LogP contribution in [0, 0.1) is 5.92 Å². The number of hydrogen-bond acceptors (Lipinski definition) is 5. The van der Waals surface area contributed by atoms with Gasteiger partial charge in [0, 0.05) is 23.2 Å². The molecule has 3 rings (SSSR count). The van der Waals surface area contributed by atoms with E-state index >= 15 is 0 Å². The minimum Gasteiger partial charge on any atom is -0.468 e. The van der Waals surface area contributed by atoms with E-state index in [4.69, 9.17) is 11.6 Å². The van der Waals surface area contributed by atoms with Gasteiger partial charge in [-0.05, 0) is 12.1 Å². The predicted octanol–water partition coefficient (Wildman–Crippen LogP) is 0.0665. The number of rotatable bonds is 1. The topological polar surface area (TPSA) is 92.8 Å². The molecule has 1 aromatic rings. The van der Waals surface area contributed by atoms with Gasteiger partial charge in [-0.3, -0.25) is 24.5 Å². The number of hydrogen-bond donors (Lipinski definition) is 1. The summed E-state index contributed by atoms with van der Waals surface area (Å²) in [5, 5.41) is 2.24. The summed E-state index contributed by atoms with van der Waals surface area (Å²) in [6.45, 7) is 0. The lowest BCUT2D eigenvalue weighted by Gasteiger charge is -2.33. The third-order valence-electron chi connectivity index (χ3n) is 4.16. The van der Waals surface area contributed by atoms with Crippen molar-refractivity contribution in [1.82, 2.24) is 10.2 Å². The number of methoxy groups -OCH3 is 1. The summed E-state index contributed by atoms with van der Waals surface area (Å²) in [4.78, 5) is 50.2. The van der Waals surface area contributed by atoms with Gasteiger partial charge >= 0.3 is 5.97 Å². The summed E-state index contributed by atoms with van der Waals surface area (Å²) in [7, 11) is 2.46. The van der Waals surface area contributed by atoms with Gasteiger partial charge < -0.3 is 9.64 Å². The van der Waals surface area contributed by atoms with Crippen molar-refractivity contribution < 1.29 is 23.9 Å². The SMILES string of the molecule is COC(=O)C1C(=O)NC(=O)C12c1c(Cl)cccc1C(=O)N2C. The van der Waals surface area contributed by atoms with Crippen LogP contribution in [0.3, 0.4) is 0 Å². The van der Waals surface area contributed by atoms with Crippen LogP contribution in [0.25, 0.3) is 0 Å². The van der Waals surface area contributed by atoms with Crippen molar-refractivity contribution in [2.75, 3.05) is 14.2 Å². The molecule has 1 spiro atoms. The van der Waals surface area contributed by atoms with E-state index < -0.39 is 35.1 Å². The lowest BCUT2D eigenvalue weighted by atomic mass is 9.79. The lowest BCUT2D eigenvalue weighted by molar-refractivity contribution is -0.154. The van der Waals surface area contributed by atoms with Crippen LogP contribution in [-0.2, 0) is 24.7 Å². The Hall–Kier alpha value is -2.41. The van der Waals surface area contributed by atoms with Crippen molar-refractivity contribution in [2.45, 2.75) is 5.54 Å². The summed E-state index contributed by atoms with van der Waals surface area (Å²) in [5.74, 6) is -4.48. The van der Waals surface area contributed by atoms with Crippen molar-refractivity contribution >= 4 is 35.3 Å². The molecule has 8 heteroatoms. The molecule has 3 amide bonds. The third-order valence-corrected chi connectivity index (χ3v) is 4.47. The maximum atomic E-state index is 12.5. The minimum atomic E-state index is -1.81. The van der Waals surface area contributed by atoms with Crippen molar-refractivity contribution in [3.63, 3.8) is 0 Å². The molecule has 2 aliphatic rings. The van der Waals surface area contributed by atoms with Gasteiger partial charge in [0.25, 0.3) is 11.8 Å². The van der Waals surface area contributed by atoms with Gasteiger partial charge in [0.1, 0.15) is 0 Å². The van der Waals surface area contributed by atoms with Crippen LogP contribution in [0.15, 0.2) is 18.2 Å². The van der Waals surface area contributed by atoms with E-state index in [2.05, 4.69) is 10.1 Å². The van der Waals surface area contributed by atoms with Crippen LogP contribution in [0.2, 0.25) is 5.02 Å². The van der Waals surface area contributed by atoms with E-state index in [-0.39, 0.29) is 16.1 Å². The molecule has 0 radical (unpaired) electrons. The van der Waals surface area contributed by atoms with Gasteiger partial charge in [-0.2, -0.15) is 0 Å². The quantitative estimate of drug-likeness (QED) is 0.448. The number of carbonyl (C=O) groups is 4. The van der Waals surface area contributed by atoms with Crippen LogP contribution < -0.4 is 5.32 Å². The van der Waals surface area contributed by atoms with Gasteiger partial charge in [0.2, 0.25) is 5.91 Å². The molecular formula is C14H11ClN2O5. The molecule has 2 aliphatic heterocycles. The smallest absolute Gasteiger partial charge is 0.321 e. The first-order valence-corrected chi connectivity index (χ1v) is 6.75. The van der Waals surface area contributed by atoms with E-state index in [0.29, 0.717) is 0 Å². The number of amides is 3. The Morgan fingerprint density at radius 3 is 2.68 bits per heavy atom. The Labute approximate surface area is 130 Å². The molecule has 1 saturated heterocycles. The van der Waals surface area contributed by atoms with Crippen LogP contribution in [0.1, 0.15) is 15.9 Å². The van der Waals surface area contributed by atoms with E-state index in [0.717, 1.165) is 12.0 Å². The number of esters is 1. The number of ether oxygens (including phenoxy) is 1. The predicted molar refractivity (Wildman–Crippen MR) is 73.9 cm³/mol. The Balaban J connectivity index is 2.37. The van der Waals surface area contributed by atoms with Crippen LogP contribution in [0.4, 0.5) is 0 Å². The second-order valence-electron chi connectivity index (χ2n) is 5.07. The Morgan fingerprint density at radius 1 is 1.36 bits per heavy atom. The van der Waals surface area contributed by atoms with E-state index in [1.807, 2.05) is 0 Å². The van der Waals surface area contributed by atoms with Crippen LogP contribution in [0.5, 0.6) is 0 Å². The summed E-state index contributed by atoms with van der Waals surface area (Å²) >= 11 is 6.17. The molecule has 2 heterocycles.